The van der Waals surface area contributed by atoms with Gasteiger partial charge in [-0.25, -0.2) is 4.98 Å². The van der Waals surface area contributed by atoms with Crippen LogP contribution in [0.1, 0.15) is 43.1 Å². The molecule has 1 atom stereocenters. The molecule has 0 fully saturated rings. The zero-order valence-corrected chi connectivity index (χ0v) is 10.6. The Balaban J connectivity index is 2.27. The van der Waals surface area contributed by atoms with Gasteiger partial charge in [-0.05, 0) is 12.8 Å². The van der Waals surface area contributed by atoms with Crippen LogP contribution >= 0.6 is 0 Å². The molecule has 0 aliphatic rings. The third kappa shape index (κ3) is 4.15. The predicted molar refractivity (Wildman–Crippen MR) is 64.1 cm³/mol. The number of aromatic nitrogens is 3. The van der Waals surface area contributed by atoms with Crippen LogP contribution in [-0.2, 0) is 11.2 Å². The normalized spacial score (nSPS) is 12.1. The molecule has 7 nitrogen and oxygen atoms in total. The number of rotatable bonds is 7. The first-order valence-electron chi connectivity index (χ1n) is 5.96. The van der Waals surface area contributed by atoms with Crippen LogP contribution in [0.25, 0.3) is 0 Å². The van der Waals surface area contributed by atoms with Crippen LogP contribution in [0, 0.1) is 5.92 Å². The maximum atomic E-state index is 11.6. The molecule has 0 aliphatic heterocycles. The van der Waals surface area contributed by atoms with Gasteiger partial charge < -0.3 is 10.4 Å². The standard InChI is InChI=1S/C11H18N4O3/c1-3-8-13-9(15-14-8)10(16)12-6-4-5-7(2)11(17)18/h7H,3-6H2,1-2H3,(H,12,16)(H,17,18)(H,13,14,15). The molecular formula is C11H18N4O3. The number of nitrogens with zero attached hydrogens (tertiary/aromatic N) is 2. The van der Waals surface area contributed by atoms with Crippen molar-refractivity contribution in [2.45, 2.75) is 33.1 Å². The molecule has 100 valence electrons. The summed E-state index contributed by atoms with van der Waals surface area (Å²) in [7, 11) is 0. The van der Waals surface area contributed by atoms with E-state index in [1.165, 1.54) is 0 Å². The lowest BCUT2D eigenvalue weighted by atomic mass is 10.1. The number of aryl methyl sites for hydroxylation is 1. The van der Waals surface area contributed by atoms with Crippen molar-refractivity contribution in [1.29, 1.82) is 0 Å². The van der Waals surface area contributed by atoms with Crippen molar-refractivity contribution in [3.63, 3.8) is 0 Å². The maximum Gasteiger partial charge on any atom is 0.306 e. The molecule has 18 heavy (non-hydrogen) atoms. The van der Waals surface area contributed by atoms with Crippen LogP contribution in [-0.4, -0.2) is 38.7 Å². The first kappa shape index (κ1) is 14.1. The van der Waals surface area contributed by atoms with E-state index in [0.29, 0.717) is 31.6 Å². The third-order valence-corrected chi connectivity index (χ3v) is 2.59. The van der Waals surface area contributed by atoms with Gasteiger partial charge in [0.25, 0.3) is 5.91 Å². The van der Waals surface area contributed by atoms with Crippen LogP contribution < -0.4 is 5.32 Å². The van der Waals surface area contributed by atoms with Crippen molar-refractivity contribution in [2.24, 2.45) is 5.92 Å². The van der Waals surface area contributed by atoms with E-state index in [-0.39, 0.29) is 11.7 Å². The lowest BCUT2D eigenvalue weighted by Crippen LogP contribution is -2.26. The van der Waals surface area contributed by atoms with Crippen molar-refractivity contribution in [1.82, 2.24) is 20.5 Å². The number of carboxylic acids is 1. The minimum Gasteiger partial charge on any atom is -0.481 e. The quantitative estimate of drug-likeness (QED) is 0.617. The summed E-state index contributed by atoms with van der Waals surface area (Å²) in [6.07, 6.45) is 1.84. The Hall–Kier alpha value is -1.92. The summed E-state index contributed by atoms with van der Waals surface area (Å²) in [6.45, 7) is 3.98. The second kappa shape index (κ2) is 6.73. The van der Waals surface area contributed by atoms with E-state index in [1.54, 1.807) is 6.92 Å². The molecule has 1 aromatic rings. The summed E-state index contributed by atoms with van der Waals surface area (Å²) in [5.41, 5.74) is 0. The number of H-pyrrole nitrogens is 1. The van der Waals surface area contributed by atoms with E-state index in [9.17, 15) is 9.59 Å². The molecule has 0 bridgehead atoms. The number of hydrogen-bond donors (Lipinski definition) is 3. The SMILES string of the molecule is CCc1nc(C(=O)NCCCC(C)C(=O)O)n[nH]1. The Morgan fingerprint density at radius 1 is 1.50 bits per heavy atom. The Kier molecular flexibility index (Phi) is 5.29. The maximum absolute atomic E-state index is 11.6. The molecule has 0 aromatic carbocycles. The minimum atomic E-state index is -0.817. The Bertz CT molecular complexity index is 416. The summed E-state index contributed by atoms with van der Waals surface area (Å²) in [5.74, 6) is -0.758. The van der Waals surface area contributed by atoms with Gasteiger partial charge in [-0.1, -0.05) is 13.8 Å². The smallest absolute Gasteiger partial charge is 0.306 e. The molecule has 0 aliphatic carbocycles. The average molecular weight is 254 g/mol. The zero-order chi connectivity index (χ0) is 13.5. The van der Waals surface area contributed by atoms with Gasteiger partial charge >= 0.3 is 5.97 Å². The highest BCUT2D eigenvalue weighted by atomic mass is 16.4. The van der Waals surface area contributed by atoms with Crippen molar-refractivity contribution < 1.29 is 14.7 Å². The molecular weight excluding hydrogens is 236 g/mol. The molecule has 3 N–H and O–H groups in total. The first-order valence-corrected chi connectivity index (χ1v) is 5.96. The minimum absolute atomic E-state index is 0.123. The van der Waals surface area contributed by atoms with E-state index in [2.05, 4.69) is 20.5 Å². The number of carbonyl (C=O) groups excluding carboxylic acids is 1. The van der Waals surface area contributed by atoms with Crippen molar-refractivity contribution >= 4 is 11.9 Å². The van der Waals surface area contributed by atoms with Gasteiger partial charge in [-0.15, -0.1) is 5.10 Å². The fraction of sp³-hybridized carbons (Fsp3) is 0.636. The van der Waals surface area contributed by atoms with Crippen molar-refractivity contribution in [3.05, 3.63) is 11.6 Å². The molecule has 0 spiro atoms. The molecule has 0 radical (unpaired) electrons. The number of carboxylic acid groups (broad SMARTS) is 1. The van der Waals surface area contributed by atoms with Crippen LogP contribution in [0.5, 0.6) is 0 Å². The number of hydrogen-bond acceptors (Lipinski definition) is 4. The van der Waals surface area contributed by atoms with E-state index in [4.69, 9.17) is 5.11 Å². The summed E-state index contributed by atoms with van der Waals surface area (Å²) < 4.78 is 0. The second-order valence-corrected chi connectivity index (χ2v) is 4.10. The lowest BCUT2D eigenvalue weighted by molar-refractivity contribution is -0.141. The lowest BCUT2D eigenvalue weighted by Gasteiger charge is -2.05. The van der Waals surface area contributed by atoms with Crippen molar-refractivity contribution in [3.8, 4) is 0 Å². The number of aliphatic carboxylic acids is 1. The topological polar surface area (TPSA) is 108 Å². The first-order chi connectivity index (χ1) is 8.54. The van der Waals surface area contributed by atoms with Crippen LogP contribution in [0.2, 0.25) is 0 Å². The van der Waals surface area contributed by atoms with Gasteiger partial charge in [0, 0.05) is 13.0 Å². The third-order valence-electron chi connectivity index (χ3n) is 2.59. The Labute approximate surface area is 105 Å². The molecule has 0 saturated heterocycles. The fourth-order valence-electron chi connectivity index (χ4n) is 1.37. The van der Waals surface area contributed by atoms with E-state index in [0.717, 1.165) is 0 Å². The molecule has 1 rings (SSSR count). The molecule has 1 heterocycles. The predicted octanol–water partition coefficient (Wildman–Crippen LogP) is 0.598. The summed E-state index contributed by atoms with van der Waals surface area (Å²) in [5, 5.41) is 17.8. The van der Waals surface area contributed by atoms with Crippen LogP contribution in [0.4, 0.5) is 0 Å². The van der Waals surface area contributed by atoms with E-state index >= 15 is 0 Å². The van der Waals surface area contributed by atoms with E-state index < -0.39 is 11.9 Å². The highest BCUT2D eigenvalue weighted by Gasteiger charge is 2.13. The summed E-state index contributed by atoms with van der Waals surface area (Å²) in [6, 6.07) is 0. The molecule has 1 amide bonds. The zero-order valence-electron chi connectivity index (χ0n) is 10.6. The Morgan fingerprint density at radius 2 is 2.22 bits per heavy atom. The van der Waals surface area contributed by atoms with E-state index in [1.807, 2.05) is 6.92 Å². The Morgan fingerprint density at radius 3 is 2.78 bits per heavy atom. The van der Waals surface area contributed by atoms with Gasteiger partial charge in [0.05, 0.1) is 5.92 Å². The average Bonchev–Trinajstić information content (AvgIpc) is 2.82. The van der Waals surface area contributed by atoms with Gasteiger partial charge in [0.2, 0.25) is 5.82 Å². The monoisotopic (exact) mass is 254 g/mol. The number of nitrogens with one attached hydrogen (secondary N) is 2. The van der Waals surface area contributed by atoms with Crippen LogP contribution in [0.3, 0.4) is 0 Å². The highest BCUT2D eigenvalue weighted by molar-refractivity contribution is 5.90. The van der Waals surface area contributed by atoms with Crippen molar-refractivity contribution in [2.75, 3.05) is 6.54 Å². The van der Waals surface area contributed by atoms with Crippen LogP contribution in [0.15, 0.2) is 0 Å². The van der Waals surface area contributed by atoms with Gasteiger partial charge in [0.1, 0.15) is 5.82 Å². The molecule has 7 heteroatoms. The number of carbonyl (C=O) groups is 2. The molecule has 0 saturated carbocycles. The molecule has 1 aromatic heterocycles. The summed E-state index contributed by atoms with van der Waals surface area (Å²) >= 11 is 0. The highest BCUT2D eigenvalue weighted by Crippen LogP contribution is 2.04. The van der Waals surface area contributed by atoms with Gasteiger partial charge in [-0.2, -0.15) is 0 Å². The summed E-state index contributed by atoms with van der Waals surface area (Å²) in [4.78, 5) is 26.2. The van der Waals surface area contributed by atoms with Gasteiger partial charge in [0.15, 0.2) is 0 Å². The largest absolute Gasteiger partial charge is 0.481 e. The number of aromatic amines is 1. The number of amides is 1. The molecule has 1 unspecified atom stereocenters. The second-order valence-electron chi connectivity index (χ2n) is 4.10. The van der Waals surface area contributed by atoms with Gasteiger partial charge in [-0.3, -0.25) is 14.7 Å². The fourth-order valence-corrected chi connectivity index (χ4v) is 1.37.